The molecule has 42 heavy (non-hydrogen) atoms. The van der Waals surface area contributed by atoms with Gasteiger partial charge in [-0.25, -0.2) is 0 Å². The molecule has 8 heteroatoms. The van der Waals surface area contributed by atoms with Gasteiger partial charge in [0, 0.05) is 35.2 Å². The minimum atomic E-state index is -0.285. The molecule has 0 heterocycles. The second kappa shape index (κ2) is 17.1. The summed E-state index contributed by atoms with van der Waals surface area (Å²) in [5, 5.41) is 0.105. The average molecular weight is 623 g/mol. The summed E-state index contributed by atoms with van der Waals surface area (Å²) in [5.74, 6) is 0.922. The van der Waals surface area contributed by atoms with Crippen LogP contribution in [0.4, 0.5) is 0 Å². The van der Waals surface area contributed by atoms with Gasteiger partial charge in [0.05, 0.1) is 24.7 Å². The van der Waals surface area contributed by atoms with Crippen molar-refractivity contribution in [3.8, 4) is 0 Å². The molecular weight excluding hydrogens is 569 g/mol. The largest absolute Gasteiger partial charge is 0.465 e. The third-order valence-corrected chi connectivity index (χ3v) is 10.9. The number of thioether (sulfide) groups is 2. The normalized spacial score (nSPS) is 25.8. The SMILES string of the molecule is CC(CC(=O)C1C(C)C=CCC1(C)C)SCC(=O)OCCCCOC(=O)CS[C@@H](C)CC(=O)[C@@H]1C(C)C=CCC1(C)C. The minimum absolute atomic E-state index is 0.0125. The Morgan fingerprint density at radius 3 is 1.40 bits per heavy atom. The molecule has 6 atom stereocenters. The lowest BCUT2D eigenvalue weighted by atomic mass is 9.65. The van der Waals surface area contributed by atoms with E-state index in [0.29, 0.717) is 25.7 Å². The number of ketones is 2. The van der Waals surface area contributed by atoms with Gasteiger partial charge < -0.3 is 9.47 Å². The molecule has 0 bridgehead atoms. The predicted molar refractivity (Wildman–Crippen MR) is 175 cm³/mol. The van der Waals surface area contributed by atoms with Crippen LogP contribution < -0.4 is 0 Å². The number of carbonyl (C=O) groups is 4. The molecule has 0 saturated carbocycles. The lowest BCUT2D eigenvalue weighted by molar-refractivity contribution is -0.143. The Kier molecular flexibility index (Phi) is 14.9. The van der Waals surface area contributed by atoms with Crippen LogP contribution in [0.25, 0.3) is 0 Å². The van der Waals surface area contributed by atoms with Crippen molar-refractivity contribution in [1.82, 2.24) is 0 Å². The fourth-order valence-corrected chi connectivity index (χ4v) is 8.12. The summed E-state index contributed by atoms with van der Waals surface area (Å²) >= 11 is 2.92. The van der Waals surface area contributed by atoms with Crippen LogP contribution in [0, 0.1) is 34.5 Å². The summed E-state index contributed by atoms with van der Waals surface area (Å²) in [7, 11) is 0. The van der Waals surface area contributed by atoms with Gasteiger partial charge in [0.2, 0.25) is 0 Å². The van der Waals surface area contributed by atoms with E-state index in [-0.39, 0.29) is 93.2 Å². The van der Waals surface area contributed by atoms with Gasteiger partial charge in [0.25, 0.3) is 0 Å². The fraction of sp³-hybridized carbons (Fsp3) is 0.765. The first-order valence-corrected chi connectivity index (χ1v) is 17.7. The van der Waals surface area contributed by atoms with Crippen molar-refractivity contribution in [3.05, 3.63) is 24.3 Å². The van der Waals surface area contributed by atoms with Crippen LogP contribution in [0.5, 0.6) is 0 Å². The molecule has 0 aromatic carbocycles. The van der Waals surface area contributed by atoms with Crippen molar-refractivity contribution in [2.45, 2.75) is 104 Å². The summed E-state index contributed by atoms with van der Waals surface area (Å²) in [6.07, 6.45) is 12.6. The highest BCUT2D eigenvalue weighted by atomic mass is 32.2. The van der Waals surface area contributed by atoms with Crippen LogP contribution in [0.2, 0.25) is 0 Å². The van der Waals surface area contributed by atoms with E-state index in [2.05, 4.69) is 65.8 Å². The first-order valence-electron chi connectivity index (χ1n) is 15.6. The van der Waals surface area contributed by atoms with Crippen LogP contribution in [0.15, 0.2) is 24.3 Å². The van der Waals surface area contributed by atoms with Gasteiger partial charge in [0.15, 0.2) is 0 Å². The number of hydrogen-bond donors (Lipinski definition) is 0. The maximum Gasteiger partial charge on any atom is 0.315 e. The molecule has 4 unspecified atom stereocenters. The Labute approximate surface area is 263 Å². The Hall–Kier alpha value is -1.54. The summed E-state index contributed by atoms with van der Waals surface area (Å²) in [5.41, 5.74) is -0.0764. The first-order chi connectivity index (χ1) is 19.6. The van der Waals surface area contributed by atoms with Gasteiger partial charge in [-0.15, -0.1) is 23.5 Å². The van der Waals surface area contributed by atoms with Gasteiger partial charge >= 0.3 is 11.9 Å². The molecule has 0 fully saturated rings. The zero-order valence-corrected chi connectivity index (χ0v) is 28.7. The Morgan fingerprint density at radius 1 is 0.714 bits per heavy atom. The third kappa shape index (κ3) is 11.9. The van der Waals surface area contributed by atoms with Crippen molar-refractivity contribution in [3.63, 3.8) is 0 Å². The molecule has 238 valence electrons. The standard InChI is InChI=1S/C34H54O6S2/c1-23-13-11-15-33(5,6)31(23)27(35)19-25(3)41-21-29(37)39-17-9-10-18-40-30(38)22-42-26(4)20-28(36)32-24(2)14-12-16-34(32,7)8/h11-14,23-26,31-32H,9-10,15-22H2,1-8H3/t23?,24?,25-,26?,31-,32?/m0/s1. The smallest absolute Gasteiger partial charge is 0.315 e. The molecule has 2 rings (SSSR count). The van der Waals surface area contributed by atoms with E-state index in [0.717, 1.165) is 12.8 Å². The Morgan fingerprint density at radius 2 is 1.07 bits per heavy atom. The van der Waals surface area contributed by atoms with E-state index in [4.69, 9.17) is 9.47 Å². The van der Waals surface area contributed by atoms with Crippen molar-refractivity contribution in [2.24, 2.45) is 34.5 Å². The molecule has 0 spiro atoms. The number of esters is 2. The van der Waals surface area contributed by atoms with Crippen molar-refractivity contribution in [1.29, 1.82) is 0 Å². The minimum Gasteiger partial charge on any atom is -0.465 e. The molecule has 2 aliphatic rings. The molecule has 0 aromatic rings. The number of ether oxygens (including phenoxy) is 2. The topological polar surface area (TPSA) is 86.7 Å². The average Bonchev–Trinajstić information content (AvgIpc) is 2.87. The third-order valence-electron chi connectivity index (χ3n) is 8.61. The number of allylic oxidation sites excluding steroid dienone is 4. The lowest BCUT2D eigenvalue weighted by Gasteiger charge is -2.39. The summed E-state index contributed by atoms with van der Waals surface area (Å²) in [6, 6.07) is 0. The van der Waals surface area contributed by atoms with Crippen LogP contribution >= 0.6 is 23.5 Å². The number of hydrogen-bond acceptors (Lipinski definition) is 8. The second-order valence-electron chi connectivity index (χ2n) is 13.6. The molecule has 0 aliphatic heterocycles. The second-order valence-corrected chi connectivity index (χ2v) is 16.5. The molecule has 0 radical (unpaired) electrons. The lowest BCUT2D eigenvalue weighted by Crippen LogP contribution is -2.38. The van der Waals surface area contributed by atoms with Crippen LogP contribution in [-0.4, -0.2) is 58.7 Å². The van der Waals surface area contributed by atoms with Crippen LogP contribution in [0.1, 0.15) is 93.9 Å². The van der Waals surface area contributed by atoms with Crippen LogP contribution in [0.3, 0.4) is 0 Å². The quantitative estimate of drug-likeness (QED) is 0.0937. The molecule has 0 saturated heterocycles. The first kappa shape index (κ1) is 36.7. The monoisotopic (exact) mass is 622 g/mol. The number of carbonyl (C=O) groups excluding carboxylic acids is 4. The van der Waals surface area contributed by atoms with E-state index >= 15 is 0 Å². The fourth-order valence-electron chi connectivity index (χ4n) is 6.55. The van der Waals surface area contributed by atoms with Crippen molar-refractivity contribution in [2.75, 3.05) is 24.7 Å². The Balaban J connectivity index is 1.53. The van der Waals surface area contributed by atoms with Gasteiger partial charge in [-0.05, 0) is 48.3 Å². The highest BCUT2D eigenvalue weighted by Gasteiger charge is 2.40. The van der Waals surface area contributed by atoms with E-state index in [1.54, 1.807) is 0 Å². The Bertz CT molecular complexity index is 907. The summed E-state index contributed by atoms with van der Waals surface area (Å²) in [6.45, 7) is 17.4. The number of Topliss-reactive ketones (excluding diaryl/α,β-unsaturated/α-hetero) is 2. The highest BCUT2D eigenvalue weighted by Crippen LogP contribution is 2.43. The number of unbranched alkanes of at least 4 members (excludes halogenated alkanes) is 1. The predicted octanol–water partition coefficient (Wildman–Crippen LogP) is 7.49. The van der Waals surface area contributed by atoms with Gasteiger partial charge in [0.1, 0.15) is 11.6 Å². The zero-order chi connectivity index (χ0) is 31.5. The zero-order valence-electron chi connectivity index (χ0n) is 27.1. The van der Waals surface area contributed by atoms with E-state index in [9.17, 15) is 19.2 Å². The van der Waals surface area contributed by atoms with Gasteiger partial charge in [-0.1, -0.05) is 79.7 Å². The van der Waals surface area contributed by atoms with Gasteiger partial charge in [-0.2, -0.15) is 0 Å². The highest BCUT2D eigenvalue weighted by molar-refractivity contribution is 8.00. The molecule has 0 amide bonds. The van der Waals surface area contributed by atoms with Gasteiger partial charge in [-0.3, -0.25) is 19.2 Å². The summed E-state index contributed by atoms with van der Waals surface area (Å²) in [4.78, 5) is 50.3. The summed E-state index contributed by atoms with van der Waals surface area (Å²) < 4.78 is 10.6. The number of rotatable bonds is 17. The van der Waals surface area contributed by atoms with Crippen molar-refractivity contribution < 1.29 is 28.7 Å². The molecule has 6 nitrogen and oxygen atoms in total. The molecule has 0 aromatic heterocycles. The molecule has 2 aliphatic carbocycles. The van der Waals surface area contributed by atoms with E-state index < -0.39 is 0 Å². The molecule has 0 N–H and O–H groups in total. The van der Waals surface area contributed by atoms with E-state index in [1.165, 1.54) is 23.5 Å². The maximum atomic E-state index is 13.0. The molecular formula is C34H54O6S2. The maximum absolute atomic E-state index is 13.0. The van der Waals surface area contributed by atoms with E-state index in [1.807, 2.05) is 13.8 Å². The van der Waals surface area contributed by atoms with Crippen molar-refractivity contribution >= 4 is 47.0 Å². The van der Waals surface area contributed by atoms with Crippen LogP contribution in [-0.2, 0) is 28.7 Å².